The Kier molecular flexibility index (Phi) is 4.22. The standard InChI is InChI=1S/C14H15ClN2O2/c1-3-17-14(12(15)9-16-17)13(18)8-10-4-6-11(19-2)7-5-10/h4-7,9H,3,8H2,1-2H3. The van der Waals surface area contributed by atoms with E-state index in [2.05, 4.69) is 5.10 Å². The molecular weight excluding hydrogens is 264 g/mol. The van der Waals surface area contributed by atoms with Crippen LogP contribution in [0.5, 0.6) is 5.75 Å². The van der Waals surface area contributed by atoms with E-state index in [-0.39, 0.29) is 5.78 Å². The van der Waals surface area contributed by atoms with Crippen LogP contribution in [0.4, 0.5) is 0 Å². The van der Waals surface area contributed by atoms with Crippen LogP contribution in [-0.2, 0) is 13.0 Å². The molecule has 0 amide bonds. The summed E-state index contributed by atoms with van der Waals surface area (Å²) in [6, 6.07) is 7.41. The van der Waals surface area contributed by atoms with E-state index in [1.54, 1.807) is 11.8 Å². The van der Waals surface area contributed by atoms with Crippen LogP contribution >= 0.6 is 11.6 Å². The predicted molar refractivity (Wildman–Crippen MR) is 73.9 cm³/mol. The average Bonchev–Trinajstić information content (AvgIpc) is 2.80. The maximum atomic E-state index is 12.3. The van der Waals surface area contributed by atoms with Gasteiger partial charge in [0.05, 0.1) is 18.3 Å². The summed E-state index contributed by atoms with van der Waals surface area (Å²) in [6.45, 7) is 2.55. The molecular formula is C14H15ClN2O2. The molecule has 0 aliphatic rings. The van der Waals surface area contributed by atoms with E-state index in [1.807, 2.05) is 31.2 Å². The number of halogens is 1. The molecule has 1 aromatic heterocycles. The fourth-order valence-corrected chi connectivity index (χ4v) is 2.14. The fraction of sp³-hybridized carbons (Fsp3) is 0.286. The molecule has 0 aliphatic heterocycles. The Bertz CT molecular complexity index is 576. The van der Waals surface area contributed by atoms with Gasteiger partial charge in [0.15, 0.2) is 5.78 Å². The van der Waals surface area contributed by atoms with Gasteiger partial charge in [0, 0.05) is 13.0 Å². The topological polar surface area (TPSA) is 44.1 Å². The number of hydrogen-bond donors (Lipinski definition) is 0. The number of methoxy groups -OCH3 is 1. The molecule has 2 aromatic rings. The van der Waals surface area contributed by atoms with Crippen molar-refractivity contribution >= 4 is 17.4 Å². The van der Waals surface area contributed by atoms with E-state index in [0.717, 1.165) is 11.3 Å². The van der Waals surface area contributed by atoms with Crippen LogP contribution in [0.15, 0.2) is 30.5 Å². The first-order valence-corrected chi connectivity index (χ1v) is 6.41. The number of ketones is 1. The van der Waals surface area contributed by atoms with Crippen LogP contribution < -0.4 is 4.74 Å². The second-order valence-corrected chi connectivity index (χ2v) is 4.51. The smallest absolute Gasteiger partial charge is 0.186 e. The van der Waals surface area contributed by atoms with Crippen molar-refractivity contribution in [2.24, 2.45) is 0 Å². The highest BCUT2D eigenvalue weighted by Crippen LogP contribution is 2.19. The van der Waals surface area contributed by atoms with Gasteiger partial charge in [0.25, 0.3) is 0 Å². The van der Waals surface area contributed by atoms with Crippen LogP contribution in [0.2, 0.25) is 5.02 Å². The predicted octanol–water partition coefficient (Wildman–Crippen LogP) is 2.99. The molecule has 1 aromatic carbocycles. The van der Waals surface area contributed by atoms with E-state index in [9.17, 15) is 4.79 Å². The molecule has 0 bridgehead atoms. The lowest BCUT2D eigenvalue weighted by molar-refractivity contribution is 0.0983. The normalized spacial score (nSPS) is 10.5. The number of carbonyl (C=O) groups is 1. The highest BCUT2D eigenvalue weighted by molar-refractivity contribution is 6.33. The van der Waals surface area contributed by atoms with Crippen LogP contribution in [0, 0.1) is 0 Å². The van der Waals surface area contributed by atoms with Crippen molar-refractivity contribution in [3.05, 3.63) is 46.7 Å². The molecule has 0 N–H and O–H groups in total. The molecule has 0 atom stereocenters. The van der Waals surface area contributed by atoms with Gasteiger partial charge in [-0.1, -0.05) is 23.7 Å². The van der Waals surface area contributed by atoms with E-state index in [4.69, 9.17) is 16.3 Å². The van der Waals surface area contributed by atoms with Crippen molar-refractivity contribution < 1.29 is 9.53 Å². The molecule has 4 nitrogen and oxygen atoms in total. The lowest BCUT2D eigenvalue weighted by Crippen LogP contribution is -2.12. The van der Waals surface area contributed by atoms with E-state index in [0.29, 0.717) is 23.7 Å². The summed E-state index contributed by atoms with van der Waals surface area (Å²) in [7, 11) is 1.61. The number of Topliss-reactive ketones (excluding diaryl/α,β-unsaturated/α-hetero) is 1. The Hall–Kier alpha value is -1.81. The first-order chi connectivity index (χ1) is 9.15. The average molecular weight is 279 g/mol. The zero-order valence-corrected chi connectivity index (χ0v) is 11.6. The Balaban J connectivity index is 2.18. The lowest BCUT2D eigenvalue weighted by Gasteiger charge is -2.06. The minimum Gasteiger partial charge on any atom is -0.497 e. The number of benzene rings is 1. The summed E-state index contributed by atoms with van der Waals surface area (Å²) in [5.74, 6) is 0.738. The molecule has 0 saturated carbocycles. The van der Waals surface area contributed by atoms with Crippen LogP contribution in [-0.4, -0.2) is 22.7 Å². The Morgan fingerprint density at radius 3 is 2.63 bits per heavy atom. The highest BCUT2D eigenvalue weighted by Gasteiger charge is 2.16. The first kappa shape index (κ1) is 13.6. The van der Waals surface area contributed by atoms with Crippen LogP contribution in [0.25, 0.3) is 0 Å². The zero-order chi connectivity index (χ0) is 13.8. The summed E-state index contributed by atoms with van der Waals surface area (Å²) >= 11 is 6.01. The largest absolute Gasteiger partial charge is 0.497 e. The quantitative estimate of drug-likeness (QED) is 0.790. The molecule has 0 spiro atoms. The van der Waals surface area contributed by atoms with E-state index >= 15 is 0 Å². The number of aryl methyl sites for hydroxylation is 1. The molecule has 2 rings (SSSR count). The minimum atomic E-state index is -0.0329. The Labute approximate surface area is 116 Å². The number of carbonyl (C=O) groups excluding carboxylic acids is 1. The molecule has 5 heteroatoms. The third kappa shape index (κ3) is 2.96. The van der Waals surface area contributed by atoms with Gasteiger partial charge in [-0.15, -0.1) is 0 Å². The fourth-order valence-electron chi connectivity index (χ4n) is 1.89. The first-order valence-electron chi connectivity index (χ1n) is 6.03. The number of aromatic nitrogens is 2. The maximum absolute atomic E-state index is 12.3. The lowest BCUT2D eigenvalue weighted by atomic mass is 10.1. The summed E-state index contributed by atoms with van der Waals surface area (Å²) in [6.07, 6.45) is 1.81. The summed E-state index contributed by atoms with van der Waals surface area (Å²) < 4.78 is 6.70. The van der Waals surface area contributed by atoms with Gasteiger partial charge >= 0.3 is 0 Å². The summed E-state index contributed by atoms with van der Waals surface area (Å²) in [4.78, 5) is 12.3. The van der Waals surface area contributed by atoms with Gasteiger partial charge in [-0.05, 0) is 24.6 Å². The van der Waals surface area contributed by atoms with Crippen molar-refractivity contribution in [3.63, 3.8) is 0 Å². The molecule has 100 valence electrons. The van der Waals surface area contributed by atoms with E-state index in [1.165, 1.54) is 6.20 Å². The monoisotopic (exact) mass is 278 g/mol. The van der Waals surface area contributed by atoms with E-state index < -0.39 is 0 Å². The van der Waals surface area contributed by atoms with Crippen molar-refractivity contribution in [2.75, 3.05) is 7.11 Å². The second-order valence-electron chi connectivity index (χ2n) is 4.10. The summed E-state index contributed by atoms with van der Waals surface area (Å²) in [5, 5.41) is 4.47. The van der Waals surface area contributed by atoms with Crippen molar-refractivity contribution in [3.8, 4) is 5.75 Å². The van der Waals surface area contributed by atoms with Crippen molar-refractivity contribution in [1.29, 1.82) is 0 Å². The number of hydrogen-bond acceptors (Lipinski definition) is 3. The van der Waals surface area contributed by atoms with Crippen molar-refractivity contribution in [1.82, 2.24) is 9.78 Å². The molecule has 1 heterocycles. The number of rotatable bonds is 5. The second kappa shape index (κ2) is 5.89. The molecule has 0 aliphatic carbocycles. The minimum absolute atomic E-state index is 0.0329. The highest BCUT2D eigenvalue weighted by atomic mass is 35.5. The molecule has 0 saturated heterocycles. The maximum Gasteiger partial charge on any atom is 0.186 e. The van der Waals surface area contributed by atoms with Crippen LogP contribution in [0.3, 0.4) is 0 Å². The Morgan fingerprint density at radius 1 is 1.37 bits per heavy atom. The third-order valence-electron chi connectivity index (χ3n) is 2.88. The van der Waals surface area contributed by atoms with Gasteiger partial charge in [0.2, 0.25) is 0 Å². The third-order valence-corrected chi connectivity index (χ3v) is 3.16. The number of nitrogens with zero attached hydrogens (tertiary/aromatic N) is 2. The number of ether oxygens (including phenoxy) is 1. The molecule has 0 radical (unpaired) electrons. The summed E-state index contributed by atoms with van der Waals surface area (Å²) in [5.41, 5.74) is 1.39. The van der Waals surface area contributed by atoms with Crippen LogP contribution in [0.1, 0.15) is 23.0 Å². The van der Waals surface area contributed by atoms with Gasteiger partial charge in [-0.2, -0.15) is 5.10 Å². The molecule has 19 heavy (non-hydrogen) atoms. The zero-order valence-electron chi connectivity index (χ0n) is 10.9. The molecule has 0 fully saturated rings. The SMILES string of the molecule is CCn1ncc(Cl)c1C(=O)Cc1ccc(OC)cc1. The van der Waals surface area contributed by atoms with Crippen molar-refractivity contribution in [2.45, 2.75) is 19.9 Å². The van der Waals surface area contributed by atoms with Gasteiger partial charge in [-0.3, -0.25) is 9.48 Å². The Morgan fingerprint density at radius 2 is 2.05 bits per heavy atom. The van der Waals surface area contributed by atoms with Gasteiger partial charge in [-0.25, -0.2) is 0 Å². The van der Waals surface area contributed by atoms with Gasteiger partial charge < -0.3 is 4.74 Å². The molecule has 0 unspecified atom stereocenters. The van der Waals surface area contributed by atoms with Gasteiger partial charge in [0.1, 0.15) is 11.4 Å².